The largest absolute Gasteiger partial charge is 0.311 e. The summed E-state index contributed by atoms with van der Waals surface area (Å²) in [5.41, 5.74) is 0. The van der Waals surface area contributed by atoms with Gasteiger partial charge in [0, 0.05) is 6.04 Å². The highest BCUT2D eigenvalue weighted by atomic mass is 19.1. The van der Waals surface area contributed by atoms with E-state index in [9.17, 15) is 4.39 Å². The third-order valence-electron chi connectivity index (χ3n) is 1.71. The van der Waals surface area contributed by atoms with E-state index in [4.69, 9.17) is 0 Å². The zero-order valence-electron chi connectivity index (χ0n) is 5.44. The summed E-state index contributed by atoms with van der Waals surface area (Å²) in [7, 11) is 0. The maximum Gasteiger partial charge on any atom is 0.133 e. The number of nitrogens with one attached hydrogen (secondary N) is 1. The summed E-state index contributed by atoms with van der Waals surface area (Å²) in [6, 6.07) is 0.0440. The normalized spacial score (nSPS) is 30.1. The van der Waals surface area contributed by atoms with Crippen molar-refractivity contribution in [2.75, 3.05) is 6.54 Å². The standard InChI is InChI=1S/C7H12FN/c1-2-6(8)7-4-3-5-9-7/h2,6-7,9H,1,3-5H2. The van der Waals surface area contributed by atoms with Gasteiger partial charge in [0.2, 0.25) is 0 Å². The highest BCUT2D eigenvalue weighted by Gasteiger charge is 2.20. The lowest BCUT2D eigenvalue weighted by Gasteiger charge is -2.10. The molecule has 1 fully saturated rings. The van der Waals surface area contributed by atoms with Gasteiger partial charge in [-0.3, -0.25) is 0 Å². The summed E-state index contributed by atoms with van der Waals surface area (Å²) >= 11 is 0. The van der Waals surface area contributed by atoms with Gasteiger partial charge >= 0.3 is 0 Å². The molecule has 1 nitrogen and oxygen atoms in total. The smallest absolute Gasteiger partial charge is 0.133 e. The predicted octanol–water partition coefficient (Wildman–Crippen LogP) is 1.26. The van der Waals surface area contributed by atoms with E-state index in [1.54, 1.807) is 0 Å². The van der Waals surface area contributed by atoms with E-state index in [0.29, 0.717) is 0 Å². The van der Waals surface area contributed by atoms with Gasteiger partial charge in [-0.05, 0) is 19.4 Å². The Morgan fingerprint density at radius 1 is 1.78 bits per heavy atom. The fourth-order valence-electron chi connectivity index (χ4n) is 1.15. The van der Waals surface area contributed by atoms with E-state index in [1.165, 1.54) is 6.08 Å². The van der Waals surface area contributed by atoms with E-state index in [1.807, 2.05) is 0 Å². The molecule has 52 valence electrons. The van der Waals surface area contributed by atoms with Crippen LogP contribution in [0, 0.1) is 0 Å². The van der Waals surface area contributed by atoms with Crippen LogP contribution in [0.5, 0.6) is 0 Å². The molecule has 1 heterocycles. The first-order chi connectivity index (χ1) is 4.34. The summed E-state index contributed by atoms with van der Waals surface area (Å²) in [5, 5.41) is 3.06. The van der Waals surface area contributed by atoms with Crippen molar-refractivity contribution in [2.45, 2.75) is 25.1 Å². The SMILES string of the molecule is C=CC(F)C1CCCN1. The monoisotopic (exact) mass is 129 g/mol. The molecule has 0 spiro atoms. The summed E-state index contributed by atoms with van der Waals surface area (Å²) in [4.78, 5) is 0. The quantitative estimate of drug-likeness (QED) is 0.553. The van der Waals surface area contributed by atoms with Gasteiger partial charge in [-0.25, -0.2) is 4.39 Å². The van der Waals surface area contributed by atoms with E-state index >= 15 is 0 Å². The molecule has 0 aliphatic carbocycles. The van der Waals surface area contributed by atoms with Gasteiger partial charge in [0.15, 0.2) is 0 Å². The molecule has 9 heavy (non-hydrogen) atoms. The average molecular weight is 129 g/mol. The zero-order chi connectivity index (χ0) is 6.69. The average Bonchev–Trinajstić information content (AvgIpc) is 2.37. The molecule has 0 aromatic carbocycles. The van der Waals surface area contributed by atoms with Crippen LogP contribution in [0.4, 0.5) is 4.39 Å². The molecule has 1 N–H and O–H groups in total. The molecule has 0 bridgehead atoms. The number of hydrogen-bond donors (Lipinski definition) is 1. The number of hydrogen-bond acceptors (Lipinski definition) is 1. The molecule has 2 heteroatoms. The van der Waals surface area contributed by atoms with Crippen LogP contribution < -0.4 is 5.32 Å². The molecular weight excluding hydrogens is 117 g/mol. The first kappa shape index (κ1) is 6.75. The van der Waals surface area contributed by atoms with E-state index in [-0.39, 0.29) is 6.04 Å². The zero-order valence-corrected chi connectivity index (χ0v) is 5.44. The maximum atomic E-state index is 12.7. The summed E-state index contributed by atoms with van der Waals surface area (Å²) in [6.45, 7) is 4.35. The highest BCUT2D eigenvalue weighted by molar-refractivity contribution is 4.91. The van der Waals surface area contributed by atoms with E-state index in [2.05, 4.69) is 11.9 Å². The maximum absolute atomic E-state index is 12.7. The topological polar surface area (TPSA) is 12.0 Å². The van der Waals surface area contributed by atoms with Gasteiger partial charge in [-0.1, -0.05) is 6.08 Å². The van der Waals surface area contributed by atoms with Crippen molar-refractivity contribution >= 4 is 0 Å². The van der Waals surface area contributed by atoms with Gasteiger partial charge in [-0.2, -0.15) is 0 Å². The van der Waals surface area contributed by atoms with Crippen LogP contribution in [0.1, 0.15) is 12.8 Å². The first-order valence-corrected chi connectivity index (χ1v) is 3.34. The number of rotatable bonds is 2. The molecule has 0 amide bonds. The second-order valence-electron chi connectivity index (χ2n) is 2.38. The lowest BCUT2D eigenvalue weighted by molar-refractivity contribution is 0.321. The lowest BCUT2D eigenvalue weighted by Crippen LogP contribution is -2.30. The fourth-order valence-corrected chi connectivity index (χ4v) is 1.15. The van der Waals surface area contributed by atoms with E-state index in [0.717, 1.165) is 19.4 Å². The molecule has 1 rings (SSSR count). The Hall–Kier alpha value is -0.370. The molecule has 0 radical (unpaired) electrons. The van der Waals surface area contributed by atoms with Crippen molar-refractivity contribution in [3.8, 4) is 0 Å². The summed E-state index contributed by atoms with van der Waals surface area (Å²) in [6.07, 6.45) is 2.56. The van der Waals surface area contributed by atoms with Crippen molar-refractivity contribution in [2.24, 2.45) is 0 Å². The van der Waals surface area contributed by atoms with Gasteiger partial charge < -0.3 is 5.32 Å². The van der Waals surface area contributed by atoms with Gasteiger partial charge in [0.25, 0.3) is 0 Å². The van der Waals surface area contributed by atoms with Crippen LogP contribution >= 0.6 is 0 Å². The van der Waals surface area contributed by atoms with Crippen LogP contribution in [-0.4, -0.2) is 18.8 Å². The Bertz CT molecular complexity index is 97.1. The van der Waals surface area contributed by atoms with Crippen molar-refractivity contribution in [3.63, 3.8) is 0 Å². The fraction of sp³-hybridized carbons (Fsp3) is 0.714. The Balaban J connectivity index is 2.32. The van der Waals surface area contributed by atoms with Crippen molar-refractivity contribution in [1.29, 1.82) is 0 Å². The third-order valence-corrected chi connectivity index (χ3v) is 1.71. The predicted molar refractivity (Wildman–Crippen MR) is 36.1 cm³/mol. The molecule has 0 aromatic rings. The van der Waals surface area contributed by atoms with E-state index < -0.39 is 6.17 Å². The second-order valence-corrected chi connectivity index (χ2v) is 2.38. The summed E-state index contributed by atoms with van der Waals surface area (Å²) in [5.74, 6) is 0. The highest BCUT2D eigenvalue weighted by Crippen LogP contribution is 2.11. The van der Waals surface area contributed by atoms with Crippen molar-refractivity contribution < 1.29 is 4.39 Å². The van der Waals surface area contributed by atoms with Crippen LogP contribution in [-0.2, 0) is 0 Å². The van der Waals surface area contributed by atoms with Crippen LogP contribution in [0.25, 0.3) is 0 Å². The molecule has 1 aliphatic rings. The van der Waals surface area contributed by atoms with Crippen LogP contribution in [0.15, 0.2) is 12.7 Å². The summed E-state index contributed by atoms with van der Waals surface area (Å²) < 4.78 is 12.7. The van der Waals surface area contributed by atoms with Crippen molar-refractivity contribution in [3.05, 3.63) is 12.7 Å². The molecule has 1 aliphatic heterocycles. The third kappa shape index (κ3) is 1.52. The molecule has 0 saturated carbocycles. The minimum absolute atomic E-state index is 0.0440. The minimum Gasteiger partial charge on any atom is -0.311 e. The molecule has 1 saturated heterocycles. The van der Waals surface area contributed by atoms with Gasteiger partial charge in [-0.15, -0.1) is 6.58 Å². The molecule has 2 atom stereocenters. The Morgan fingerprint density at radius 2 is 2.56 bits per heavy atom. The van der Waals surface area contributed by atoms with Gasteiger partial charge in [0.05, 0.1) is 0 Å². The Labute approximate surface area is 54.9 Å². The Morgan fingerprint density at radius 3 is 3.00 bits per heavy atom. The lowest BCUT2D eigenvalue weighted by atomic mass is 10.1. The second kappa shape index (κ2) is 2.97. The number of halogens is 1. The molecule has 0 aromatic heterocycles. The minimum atomic E-state index is -0.854. The van der Waals surface area contributed by atoms with Gasteiger partial charge in [0.1, 0.15) is 6.17 Å². The molecule has 2 unspecified atom stereocenters. The first-order valence-electron chi connectivity index (χ1n) is 3.34. The van der Waals surface area contributed by atoms with Crippen LogP contribution in [0.2, 0.25) is 0 Å². The molecular formula is C7H12FN. The Kier molecular flexibility index (Phi) is 2.22. The number of alkyl halides is 1. The van der Waals surface area contributed by atoms with Crippen molar-refractivity contribution in [1.82, 2.24) is 5.32 Å². The van der Waals surface area contributed by atoms with Crippen LogP contribution in [0.3, 0.4) is 0 Å².